The molecule has 1 unspecified atom stereocenters. The van der Waals surface area contributed by atoms with Crippen LogP contribution >= 0.6 is 11.6 Å². The molecule has 2 fully saturated rings. The lowest BCUT2D eigenvalue weighted by Crippen LogP contribution is -2.47. The molecule has 1 atom stereocenters. The van der Waals surface area contributed by atoms with E-state index in [0.29, 0.717) is 6.10 Å². The Balaban J connectivity index is 1.38. The van der Waals surface area contributed by atoms with Crippen molar-refractivity contribution in [3.8, 4) is 0 Å². The van der Waals surface area contributed by atoms with Crippen LogP contribution in [0.15, 0.2) is 30.3 Å². The molecular formula is C20H26ClN5O. The van der Waals surface area contributed by atoms with Crippen molar-refractivity contribution in [2.45, 2.75) is 25.9 Å². The van der Waals surface area contributed by atoms with Gasteiger partial charge in [0.25, 0.3) is 0 Å². The number of nitrogens with zero attached hydrogens (tertiary/aromatic N) is 4. The first-order valence-corrected chi connectivity index (χ1v) is 10.0. The molecule has 2 aliphatic rings. The van der Waals surface area contributed by atoms with Gasteiger partial charge in [0, 0.05) is 56.1 Å². The molecule has 4 rings (SSSR count). The number of benzene rings is 1. The molecule has 6 nitrogen and oxygen atoms in total. The van der Waals surface area contributed by atoms with Gasteiger partial charge < -0.3 is 19.9 Å². The minimum absolute atomic E-state index is 0.296. The van der Waals surface area contributed by atoms with Crippen LogP contribution in [-0.2, 0) is 4.74 Å². The minimum atomic E-state index is 0.296. The highest BCUT2D eigenvalue weighted by atomic mass is 35.5. The second-order valence-electron chi connectivity index (χ2n) is 7.13. The number of piperazine rings is 1. The Hall–Kier alpha value is -2.05. The van der Waals surface area contributed by atoms with Gasteiger partial charge in [-0.3, -0.25) is 0 Å². The molecule has 1 aromatic carbocycles. The molecule has 7 heteroatoms. The number of halogens is 1. The summed E-state index contributed by atoms with van der Waals surface area (Å²) in [6.45, 7) is 7.37. The Morgan fingerprint density at radius 2 is 1.96 bits per heavy atom. The lowest BCUT2D eigenvalue weighted by Gasteiger charge is -2.37. The summed E-state index contributed by atoms with van der Waals surface area (Å²) in [5.41, 5.74) is 1.18. The number of aryl methyl sites for hydroxylation is 1. The van der Waals surface area contributed by atoms with Gasteiger partial charge in [-0.1, -0.05) is 17.7 Å². The van der Waals surface area contributed by atoms with Crippen molar-refractivity contribution in [1.82, 2.24) is 9.97 Å². The second kappa shape index (κ2) is 8.31. The maximum Gasteiger partial charge on any atom is 0.134 e. The Morgan fingerprint density at radius 3 is 2.70 bits per heavy atom. The monoisotopic (exact) mass is 387 g/mol. The Labute approximate surface area is 165 Å². The smallest absolute Gasteiger partial charge is 0.134 e. The van der Waals surface area contributed by atoms with Crippen molar-refractivity contribution >= 4 is 28.9 Å². The number of aromatic nitrogens is 2. The molecule has 0 aliphatic carbocycles. The SMILES string of the molecule is Cc1nc(NCC2CCCO2)cc(N2CCN(c3cccc(Cl)c3)CC2)n1. The molecule has 0 saturated carbocycles. The van der Waals surface area contributed by atoms with Crippen LogP contribution in [0.2, 0.25) is 5.02 Å². The largest absolute Gasteiger partial charge is 0.376 e. The summed E-state index contributed by atoms with van der Waals surface area (Å²) in [5, 5.41) is 4.20. The van der Waals surface area contributed by atoms with Crippen LogP contribution in [0.25, 0.3) is 0 Å². The van der Waals surface area contributed by atoms with E-state index >= 15 is 0 Å². The van der Waals surface area contributed by atoms with Crippen molar-refractivity contribution in [3.05, 3.63) is 41.2 Å². The lowest BCUT2D eigenvalue weighted by molar-refractivity contribution is 0.120. The number of anilines is 3. The standard InChI is InChI=1S/C20H26ClN5O/c1-15-23-19(22-14-18-6-3-11-27-18)13-20(24-15)26-9-7-25(8-10-26)17-5-2-4-16(21)12-17/h2,4-5,12-13,18H,3,6-11,14H2,1H3,(H,22,23,24). The Kier molecular flexibility index (Phi) is 5.64. The fourth-order valence-electron chi connectivity index (χ4n) is 3.69. The maximum absolute atomic E-state index is 6.13. The van der Waals surface area contributed by atoms with E-state index in [1.54, 1.807) is 0 Å². The van der Waals surface area contributed by atoms with E-state index in [9.17, 15) is 0 Å². The molecule has 3 heterocycles. The molecule has 27 heavy (non-hydrogen) atoms. The Morgan fingerprint density at radius 1 is 1.15 bits per heavy atom. The third-order valence-corrected chi connectivity index (χ3v) is 5.37. The van der Waals surface area contributed by atoms with Gasteiger partial charge in [0.15, 0.2) is 0 Å². The normalized spacial score (nSPS) is 20.1. The third-order valence-electron chi connectivity index (χ3n) is 5.14. The lowest BCUT2D eigenvalue weighted by atomic mass is 10.2. The van der Waals surface area contributed by atoms with Crippen LogP contribution in [0.3, 0.4) is 0 Å². The highest BCUT2D eigenvalue weighted by Gasteiger charge is 2.20. The van der Waals surface area contributed by atoms with Crippen LogP contribution in [0.4, 0.5) is 17.3 Å². The molecule has 1 N–H and O–H groups in total. The predicted molar refractivity (Wildman–Crippen MR) is 110 cm³/mol. The van der Waals surface area contributed by atoms with Crippen molar-refractivity contribution < 1.29 is 4.74 Å². The van der Waals surface area contributed by atoms with E-state index in [0.717, 1.165) is 74.7 Å². The van der Waals surface area contributed by atoms with Crippen LogP contribution in [0, 0.1) is 6.92 Å². The van der Waals surface area contributed by atoms with Gasteiger partial charge in [-0.15, -0.1) is 0 Å². The van der Waals surface area contributed by atoms with Crippen LogP contribution < -0.4 is 15.1 Å². The predicted octanol–water partition coefficient (Wildman–Crippen LogP) is 3.36. The summed E-state index contributed by atoms with van der Waals surface area (Å²) in [4.78, 5) is 13.9. The first kappa shape index (κ1) is 18.3. The third kappa shape index (κ3) is 4.62. The van der Waals surface area contributed by atoms with E-state index in [4.69, 9.17) is 16.3 Å². The van der Waals surface area contributed by atoms with E-state index in [-0.39, 0.29) is 0 Å². The van der Waals surface area contributed by atoms with E-state index in [2.05, 4.69) is 37.2 Å². The number of nitrogens with one attached hydrogen (secondary N) is 1. The molecular weight excluding hydrogens is 362 g/mol. The summed E-state index contributed by atoms with van der Waals surface area (Å²) in [6, 6.07) is 10.1. The van der Waals surface area contributed by atoms with Gasteiger partial charge >= 0.3 is 0 Å². The fraction of sp³-hybridized carbons (Fsp3) is 0.500. The topological polar surface area (TPSA) is 53.5 Å². The highest BCUT2D eigenvalue weighted by Crippen LogP contribution is 2.23. The number of hydrogen-bond acceptors (Lipinski definition) is 6. The number of rotatable bonds is 5. The molecule has 2 saturated heterocycles. The van der Waals surface area contributed by atoms with Crippen LogP contribution in [0.5, 0.6) is 0 Å². The highest BCUT2D eigenvalue weighted by molar-refractivity contribution is 6.30. The quantitative estimate of drug-likeness (QED) is 0.849. The second-order valence-corrected chi connectivity index (χ2v) is 7.56. The molecule has 0 amide bonds. The minimum Gasteiger partial charge on any atom is -0.376 e. The summed E-state index contributed by atoms with van der Waals surface area (Å²) in [5.74, 6) is 2.66. The average molecular weight is 388 g/mol. The molecule has 0 spiro atoms. The average Bonchev–Trinajstić information content (AvgIpc) is 3.20. The first-order chi connectivity index (χ1) is 13.2. The van der Waals surface area contributed by atoms with Crippen LogP contribution in [0.1, 0.15) is 18.7 Å². The summed E-state index contributed by atoms with van der Waals surface area (Å²) < 4.78 is 5.68. The van der Waals surface area contributed by atoms with E-state index in [1.165, 1.54) is 5.69 Å². The molecule has 0 radical (unpaired) electrons. The van der Waals surface area contributed by atoms with Crippen molar-refractivity contribution in [1.29, 1.82) is 0 Å². The molecule has 2 aromatic rings. The van der Waals surface area contributed by atoms with Gasteiger partial charge in [-0.2, -0.15) is 0 Å². The maximum atomic E-state index is 6.13. The zero-order chi connectivity index (χ0) is 18.6. The summed E-state index contributed by atoms with van der Waals surface area (Å²) in [7, 11) is 0. The zero-order valence-electron chi connectivity index (χ0n) is 15.7. The van der Waals surface area contributed by atoms with Gasteiger partial charge in [0.1, 0.15) is 17.5 Å². The molecule has 1 aromatic heterocycles. The van der Waals surface area contributed by atoms with Gasteiger partial charge in [0.2, 0.25) is 0 Å². The van der Waals surface area contributed by atoms with Crippen LogP contribution in [-0.4, -0.2) is 55.4 Å². The fourth-order valence-corrected chi connectivity index (χ4v) is 3.88. The first-order valence-electron chi connectivity index (χ1n) is 9.64. The van der Waals surface area contributed by atoms with Gasteiger partial charge in [0.05, 0.1) is 6.10 Å². The number of hydrogen-bond donors (Lipinski definition) is 1. The summed E-state index contributed by atoms with van der Waals surface area (Å²) >= 11 is 6.13. The van der Waals surface area contributed by atoms with E-state index < -0.39 is 0 Å². The Bertz CT molecular complexity index is 773. The number of ether oxygens (including phenoxy) is 1. The van der Waals surface area contributed by atoms with Crippen molar-refractivity contribution in [3.63, 3.8) is 0 Å². The van der Waals surface area contributed by atoms with Gasteiger partial charge in [-0.05, 0) is 38.0 Å². The van der Waals surface area contributed by atoms with Crippen molar-refractivity contribution in [2.24, 2.45) is 0 Å². The van der Waals surface area contributed by atoms with E-state index in [1.807, 2.05) is 25.1 Å². The molecule has 0 bridgehead atoms. The summed E-state index contributed by atoms with van der Waals surface area (Å²) in [6.07, 6.45) is 2.57. The molecule has 2 aliphatic heterocycles. The van der Waals surface area contributed by atoms with Gasteiger partial charge in [-0.25, -0.2) is 9.97 Å². The van der Waals surface area contributed by atoms with Crippen molar-refractivity contribution in [2.75, 3.05) is 54.4 Å². The molecule has 144 valence electrons. The zero-order valence-corrected chi connectivity index (χ0v) is 16.5.